The zero-order chi connectivity index (χ0) is 18.2. The van der Waals surface area contributed by atoms with Gasteiger partial charge >= 0.3 is 0 Å². The number of nitrogens with zero attached hydrogens (tertiary/aromatic N) is 4. The van der Waals surface area contributed by atoms with E-state index in [4.69, 9.17) is 11.6 Å². The summed E-state index contributed by atoms with van der Waals surface area (Å²) in [5.41, 5.74) is 2.66. The van der Waals surface area contributed by atoms with Gasteiger partial charge in [0.2, 0.25) is 0 Å². The van der Waals surface area contributed by atoms with Crippen molar-refractivity contribution in [2.75, 3.05) is 23.3 Å². The molecule has 0 unspecified atom stereocenters. The van der Waals surface area contributed by atoms with Gasteiger partial charge in [-0.15, -0.1) is 0 Å². The van der Waals surface area contributed by atoms with Gasteiger partial charge in [0.1, 0.15) is 16.5 Å². The number of H-pyrrole nitrogens is 1. The largest absolute Gasteiger partial charge is 0.356 e. The van der Waals surface area contributed by atoms with Crippen LogP contribution in [-0.4, -0.2) is 33.3 Å². The minimum atomic E-state index is 0.520. The van der Waals surface area contributed by atoms with E-state index in [1.807, 2.05) is 18.2 Å². The van der Waals surface area contributed by atoms with Gasteiger partial charge in [0.25, 0.3) is 0 Å². The standard InChI is InChI=1S/C20H19ClN6/c21-17-12-13-11-14(23-19-18-16(25-26-19)5-4-8-22-18)6-7-15(13)20(24-17)27-9-2-1-3-10-27/h4-8,11-12H,1-3,9-10H2,(H2,23,25,26). The summed E-state index contributed by atoms with van der Waals surface area (Å²) in [6, 6.07) is 12.0. The molecule has 1 aliphatic rings. The monoisotopic (exact) mass is 378 g/mol. The van der Waals surface area contributed by atoms with Crippen molar-refractivity contribution in [2.24, 2.45) is 0 Å². The Morgan fingerprint density at radius 1 is 1.07 bits per heavy atom. The quantitative estimate of drug-likeness (QED) is 0.496. The van der Waals surface area contributed by atoms with Crippen molar-refractivity contribution >= 4 is 50.7 Å². The van der Waals surface area contributed by atoms with Gasteiger partial charge in [-0.1, -0.05) is 11.6 Å². The van der Waals surface area contributed by atoms with Crippen LogP contribution >= 0.6 is 11.6 Å². The topological polar surface area (TPSA) is 69.7 Å². The minimum Gasteiger partial charge on any atom is -0.356 e. The number of rotatable bonds is 3. The van der Waals surface area contributed by atoms with Crippen molar-refractivity contribution in [3.63, 3.8) is 0 Å². The molecule has 0 radical (unpaired) electrons. The molecule has 136 valence electrons. The summed E-state index contributed by atoms with van der Waals surface area (Å²) in [4.78, 5) is 11.4. The van der Waals surface area contributed by atoms with Gasteiger partial charge in [-0.2, -0.15) is 5.10 Å². The second-order valence-electron chi connectivity index (χ2n) is 6.85. The number of anilines is 3. The third kappa shape index (κ3) is 3.06. The maximum atomic E-state index is 6.33. The van der Waals surface area contributed by atoms with Gasteiger partial charge in [-0.25, -0.2) is 4.98 Å². The molecule has 1 fully saturated rings. The molecule has 6 nitrogen and oxygen atoms in total. The molecule has 4 aromatic rings. The fourth-order valence-corrected chi connectivity index (χ4v) is 3.91. The average molecular weight is 379 g/mol. The lowest BCUT2D eigenvalue weighted by Gasteiger charge is -2.29. The van der Waals surface area contributed by atoms with Crippen molar-refractivity contribution < 1.29 is 0 Å². The number of benzene rings is 1. The molecule has 1 aliphatic heterocycles. The van der Waals surface area contributed by atoms with E-state index in [9.17, 15) is 0 Å². The number of hydrogen-bond donors (Lipinski definition) is 2. The summed E-state index contributed by atoms with van der Waals surface area (Å²) in [5.74, 6) is 1.69. The molecule has 0 amide bonds. The van der Waals surface area contributed by atoms with Gasteiger partial charge < -0.3 is 10.2 Å². The van der Waals surface area contributed by atoms with Gasteiger partial charge in [-0.05, 0) is 61.0 Å². The van der Waals surface area contributed by atoms with Crippen molar-refractivity contribution in [3.05, 3.63) is 47.7 Å². The summed E-state index contributed by atoms with van der Waals surface area (Å²) >= 11 is 6.33. The molecule has 0 atom stereocenters. The van der Waals surface area contributed by atoms with E-state index in [0.29, 0.717) is 11.0 Å². The van der Waals surface area contributed by atoms with Crippen LogP contribution in [0.25, 0.3) is 21.8 Å². The molecular weight excluding hydrogens is 360 g/mol. The molecule has 4 heterocycles. The van der Waals surface area contributed by atoms with Crippen molar-refractivity contribution in [1.82, 2.24) is 20.2 Å². The van der Waals surface area contributed by atoms with Crippen LogP contribution < -0.4 is 10.2 Å². The molecule has 3 aromatic heterocycles. The van der Waals surface area contributed by atoms with E-state index < -0.39 is 0 Å². The fraction of sp³-hybridized carbons (Fsp3) is 0.250. The number of aromatic nitrogens is 4. The third-order valence-corrected chi connectivity index (χ3v) is 5.21. The molecule has 0 bridgehead atoms. The predicted molar refractivity (Wildman–Crippen MR) is 110 cm³/mol. The van der Waals surface area contributed by atoms with E-state index in [1.54, 1.807) is 6.20 Å². The maximum absolute atomic E-state index is 6.33. The molecular formula is C20H19ClN6. The molecule has 0 aliphatic carbocycles. The number of fused-ring (bicyclic) bond motifs is 2. The predicted octanol–water partition coefficient (Wildman–Crippen LogP) is 4.89. The zero-order valence-corrected chi connectivity index (χ0v) is 15.5. The normalized spacial score (nSPS) is 14.8. The van der Waals surface area contributed by atoms with Crippen molar-refractivity contribution in [3.8, 4) is 0 Å². The fourth-order valence-electron chi connectivity index (χ4n) is 3.71. The van der Waals surface area contributed by atoms with E-state index in [1.165, 1.54) is 19.3 Å². The highest BCUT2D eigenvalue weighted by Crippen LogP contribution is 2.32. The Kier molecular flexibility index (Phi) is 4.05. The van der Waals surface area contributed by atoms with E-state index in [2.05, 4.69) is 48.6 Å². The van der Waals surface area contributed by atoms with Crippen LogP contribution in [0.5, 0.6) is 0 Å². The molecule has 0 spiro atoms. The first-order valence-corrected chi connectivity index (χ1v) is 9.57. The maximum Gasteiger partial charge on any atom is 0.178 e. The van der Waals surface area contributed by atoms with Gasteiger partial charge in [0.15, 0.2) is 5.82 Å². The number of pyridine rings is 2. The van der Waals surface area contributed by atoms with Crippen molar-refractivity contribution in [2.45, 2.75) is 19.3 Å². The van der Waals surface area contributed by atoms with Crippen LogP contribution in [0, 0.1) is 0 Å². The highest BCUT2D eigenvalue weighted by molar-refractivity contribution is 6.30. The Labute approximate surface area is 161 Å². The summed E-state index contributed by atoms with van der Waals surface area (Å²) in [6.45, 7) is 2.07. The number of hydrogen-bond acceptors (Lipinski definition) is 5. The third-order valence-electron chi connectivity index (χ3n) is 5.02. The Bertz CT molecular complexity index is 1120. The second kappa shape index (κ2) is 6.70. The Hall–Kier alpha value is -2.86. The SMILES string of the molecule is Clc1cc2cc(Nc3n[nH]c4cccnc34)ccc2c(N2CCCCC2)n1. The lowest BCUT2D eigenvalue weighted by Crippen LogP contribution is -2.30. The molecule has 5 rings (SSSR count). The lowest BCUT2D eigenvalue weighted by molar-refractivity contribution is 0.575. The summed E-state index contributed by atoms with van der Waals surface area (Å²) < 4.78 is 0. The molecule has 0 saturated carbocycles. The van der Waals surface area contributed by atoms with Crippen LogP contribution in [0.2, 0.25) is 5.15 Å². The van der Waals surface area contributed by atoms with E-state index in [-0.39, 0.29) is 0 Å². The van der Waals surface area contributed by atoms with Crippen LogP contribution in [0.3, 0.4) is 0 Å². The first-order chi connectivity index (χ1) is 13.3. The number of nitrogens with one attached hydrogen (secondary N) is 2. The van der Waals surface area contributed by atoms with E-state index >= 15 is 0 Å². The summed E-state index contributed by atoms with van der Waals surface area (Å²) in [6.07, 6.45) is 5.46. The first kappa shape index (κ1) is 16.3. The smallest absolute Gasteiger partial charge is 0.178 e. The zero-order valence-electron chi connectivity index (χ0n) is 14.7. The van der Waals surface area contributed by atoms with Gasteiger partial charge in [-0.3, -0.25) is 10.1 Å². The van der Waals surface area contributed by atoms with Gasteiger partial charge in [0, 0.05) is 30.4 Å². The Morgan fingerprint density at radius 2 is 1.96 bits per heavy atom. The van der Waals surface area contributed by atoms with E-state index in [0.717, 1.165) is 46.4 Å². The van der Waals surface area contributed by atoms with Crippen LogP contribution in [0.4, 0.5) is 17.3 Å². The Balaban J connectivity index is 1.53. The van der Waals surface area contributed by atoms with Crippen LogP contribution in [0.1, 0.15) is 19.3 Å². The summed E-state index contributed by atoms with van der Waals surface area (Å²) in [7, 11) is 0. The molecule has 1 aromatic carbocycles. The molecule has 7 heteroatoms. The van der Waals surface area contributed by atoms with Crippen LogP contribution in [-0.2, 0) is 0 Å². The van der Waals surface area contributed by atoms with Crippen LogP contribution in [0.15, 0.2) is 42.6 Å². The molecule has 27 heavy (non-hydrogen) atoms. The molecule has 2 N–H and O–H groups in total. The molecule has 1 saturated heterocycles. The second-order valence-corrected chi connectivity index (χ2v) is 7.24. The first-order valence-electron chi connectivity index (χ1n) is 9.19. The van der Waals surface area contributed by atoms with Crippen molar-refractivity contribution in [1.29, 1.82) is 0 Å². The lowest BCUT2D eigenvalue weighted by atomic mass is 10.1. The Morgan fingerprint density at radius 3 is 2.85 bits per heavy atom. The van der Waals surface area contributed by atoms with Gasteiger partial charge in [0.05, 0.1) is 5.52 Å². The number of piperidine rings is 1. The number of halogens is 1. The highest BCUT2D eigenvalue weighted by Gasteiger charge is 2.16. The highest BCUT2D eigenvalue weighted by atomic mass is 35.5. The number of aromatic amines is 1. The summed E-state index contributed by atoms with van der Waals surface area (Å²) in [5, 5.41) is 13.4. The average Bonchev–Trinajstić information content (AvgIpc) is 3.11. The minimum absolute atomic E-state index is 0.520.